The molecule has 2 nitrogen and oxygen atoms in total. The highest BCUT2D eigenvalue weighted by Gasteiger charge is 2.26. The number of ketones is 1. The molecular formula is C14H12BrNO. The first-order valence-electron chi connectivity index (χ1n) is 5.83. The quantitative estimate of drug-likeness (QED) is 0.799. The smallest absolute Gasteiger partial charge is 0.141 e. The van der Waals surface area contributed by atoms with Gasteiger partial charge in [0, 0.05) is 16.3 Å². The molecule has 0 spiro atoms. The van der Waals surface area contributed by atoms with Crippen LogP contribution in [0.25, 0.3) is 10.9 Å². The number of carbonyl (C=O) groups excluding carboxylic acids is 1. The van der Waals surface area contributed by atoms with Gasteiger partial charge in [-0.05, 0) is 37.1 Å². The van der Waals surface area contributed by atoms with E-state index in [2.05, 4.69) is 20.9 Å². The summed E-state index contributed by atoms with van der Waals surface area (Å²) in [5.74, 6) is 0.372. The summed E-state index contributed by atoms with van der Waals surface area (Å²) in [5, 5.41) is 1.11. The molecule has 1 aromatic heterocycles. The molecule has 1 aliphatic rings. The summed E-state index contributed by atoms with van der Waals surface area (Å²) in [6.07, 6.45) is 2.67. The predicted octanol–water partition coefficient (Wildman–Crippen LogP) is 3.83. The van der Waals surface area contributed by atoms with Crippen molar-refractivity contribution >= 4 is 32.6 Å². The highest BCUT2D eigenvalue weighted by Crippen LogP contribution is 2.31. The molecule has 2 aromatic rings. The lowest BCUT2D eigenvalue weighted by Crippen LogP contribution is -2.06. The molecule has 86 valence electrons. The number of fused-ring (bicyclic) bond motifs is 1. The maximum atomic E-state index is 11.7. The van der Waals surface area contributed by atoms with Crippen LogP contribution in [0.5, 0.6) is 0 Å². The van der Waals surface area contributed by atoms with Gasteiger partial charge < -0.3 is 0 Å². The molecule has 0 bridgehead atoms. The lowest BCUT2D eigenvalue weighted by Gasteiger charge is -2.08. The molecule has 3 rings (SSSR count). The molecule has 0 saturated heterocycles. The maximum Gasteiger partial charge on any atom is 0.141 e. The van der Waals surface area contributed by atoms with Gasteiger partial charge in [-0.1, -0.05) is 22.0 Å². The number of hydrogen-bond donors (Lipinski definition) is 0. The zero-order valence-corrected chi connectivity index (χ0v) is 10.9. The van der Waals surface area contributed by atoms with Gasteiger partial charge >= 0.3 is 0 Å². The van der Waals surface area contributed by atoms with Crippen LogP contribution in [0.2, 0.25) is 0 Å². The Morgan fingerprint density at radius 1 is 1.24 bits per heavy atom. The minimum absolute atomic E-state index is 0.0306. The van der Waals surface area contributed by atoms with Crippen LogP contribution in [-0.4, -0.2) is 10.8 Å². The van der Waals surface area contributed by atoms with Crippen molar-refractivity contribution in [3.63, 3.8) is 0 Å². The van der Waals surface area contributed by atoms with Gasteiger partial charge in [0.05, 0.1) is 17.1 Å². The van der Waals surface area contributed by atoms with Crippen molar-refractivity contribution in [1.82, 2.24) is 4.98 Å². The summed E-state index contributed by atoms with van der Waals surface area (Å²) in [6, 6.07) is 10.1. The zero-order chi connectivity index (χ0) is 11.8. The van der Waals surface area contributed by atoms with Crippen LogP contribution in [0.15, 0.2) is 34.8 Å². The number of hydrogen-bond acceptors (Lipinski definition) is 2. The van der Waals surface area contributed by atoms with Crippen molar-refractivity contribution in [2.45, 2.75) is 25.2 Å². The summed E-state index contributed by atoms with van der Waals surface area (Å²) in [7, 11) is 0. The Kier molecular flexibility index (Phi) is 2.71. The standard InChI is InChI=1S/C14H12BrNO/c15-10-5-7-12-9(8-10)4-6-13(16-12)11-2-1-3-14(11)17/h4-8,11H,1-3H2. The number of carbonyl (C=O) groups is 1. The summed E-state index contributed by atoms with van der Waals surface area (Å²) in [4.78, 5) is 16.3. The van der Waals surface area contributed by atoms with Crippen LogP contribution in [0.4, 0.5) is 0 Å². The summed E-state index contributed by atoms with van der Waals surface area (Å²) >= 11 is 3.44. The maximum absolute atomic E-state index is 11.7. The molecule has 3 heteroatoms. The van der Waals surface area contributed by atoms with Gasteiger partial charge in [0.25, 0.3) is 0 Å². The number of Topliss-reactive ketones (excluding diaryl/α,β-unsaturated/α-hetero) is 1. The third-order valence-corrected chi connectivity index (χ3v) is 3.83. The number of benzene rings is 1. The molecule has 0 N–H and O–H groups in total. The Morgan fingerprint density at radius 2 is 2.12 bits per heavy atom. The first kappa shape index (κ1) is 10.9. The monoisotopic (exact) mass is 289 g/mol. The van der Waals surface area contributed by atoms with Crippen LogP contribution >= 0.6 is 15.9 Å². The van der Waals surface area contributed by atoms with E-state index in [4.69, 9.17) is 0 Å². The molecule has 1 heterocycles. The molecule has 1 atom stereocenters. The summed E-state index contributed by atoms with van der Waals surface area (Å²) < 4.78 is 1.05. The SMILES string of the molecule is O=C1CCCC1c1ccc2cc(Br)ccc2n1. The van der Waals surface area contributed by atoms with E-state index < -0.39 is 0 Å². The van der Waals surface area contributed by atoms with Crippen LogP contribution in [0.3, 0.4) is 0 Å². The number of halogens is 1. The van der Waals surface area contributed by atoms with Crippen LogP contribution in [0.1, 0.15) is 30.9 Å². The highest BCUT2D eigenvalue weighted by molar-refractivity contribution is 9.10. The Balaban J connectivity index is 2.07. The lowest BCUT2D eigenvalue weighted by molar-refractivity contribution is -0.118. The van der Waals surface area contributed by atoms with Gasteiger partial charge in [-0.25, -0.2) is 0 Å². The predicted molar refractivity (Wildman–Crippen MR) is 71.0 cm³/mol. The Bertz CT molecular complexity index is 594. The fraction of sp³-hybridized carbons (Fsp3) is 0.286. The number of rotatable bonds is 1. The Labute approximate surface area is 108 Å². The number of aromatic nitrogens is 1. The average molecular weight is 290 g/mol. The first-order valence-corrected chi connectivity index (χ1v) is 6.62. The molecule has 1 unspecified atom stereocenters. The van der Waals surface area contributed by atoms with Crippen molar-refractivity contribution in [3.8, 4) is 0 Å². The Morgan fingerprint density at radius 3 is 2.88 bits per heavy atom. The van der Waals surface area contributed by atoms with E-state index in [0.717, 1.165) is 33.9 Å². The van der Waals surface area contributed by atoms with E-state index in [0.29, 0.717) is 12.2 Å². The van der Waals surface area contributed by atoms with E-state index in [1.165, 1.54) is 0 Å². The molecule has 0 amide bonds. The van der Waals surface area contributed by atoms with Crippen LogP contribution in [-0.2, 0) is 4.79 Å². The second-order valence-corrected chi connectivity index (χ2v) is 5.40. The molecule has 17 heavy (non-hydrogen) atoms. The zero-order valence-electron chi connectivity index (χ0n) is 9.32. The largest absolute Gasteiger partial charge is 0.299 e. The minimum atomic E-state index is 0.0306. The molecular weight excluding hydrogens is 278 g/mol. The molecule has 1 aromatic carbocycles. The summed E-state index contributed by atoms with van der Waals surface area (Å²) in [6.45, 7) is 0. The highest BCUT2D eigenvalue weighted by atomic mass is 79.9. The van der Waals surface area contributed by atoms with E-state index in [-0.39, 0.29) is 5.92 Å². The second kappa shape index (κ2) is 4.22. The molecule has 0 aliphatic heterocycles. The molecule has 0 radical (unpaired) electrons. The van der Waals surface area contributed by atoms with Gasteiger partial charge in [0.15, 0.2) is 0 Å². The van der Waals surface area contributed by atoms with Crippen molar-refractivity contribution < 1.29 is 4.79 Å². The average Bonchev–Trinajstić information content (AvgIpc) is 2.75. The van der Waals surface area contributed by atoms with Gasteiger partial charge in [0.2, 0.25) is 0 Å². The molecule has 1 fully saturated rings. The van der Waals surface area contributed by atoms with Crippen molar-refractivity contribution in [2.75, 3.05) is 0 Å². The fourth-order valence-corrected chi connectivity index (χ4v) is 2.81. The summed E-state index contributed by atoms with van der Waals surface area (Å²) in [5.41, 5.74) is 1.90. The van der Waals surface area contributed by atoms with Gasteiger partial charge in [0.1, 0.15) is 5.78 Å². The Hall–Kier alpha value is -1.22. The third-order valence-electron chi connectivity index (χ3n) is 3.33. The lowest BCUT2D eigenvalue weighted by atomic mass is 10.0. The third kappa shape index (κ3) is 2.00. The number of nitrogens with zero attached hydrogens (tertiary/aromatic N) is 1. The van der Waals surface area contributed by atoms with E-state index in [1.807, 2.05) is 30.3 Å². The first-order chi connectivity index (χ1) is 8.24. The number of pyridine rings is 1. The van der Waals surface area contributed by atoms with Crippen LogP contribution in [0, 0.1) is 0 Å². The second-order valence-electron chi connectivity index (χ2n) is 4.48. The minimum Gasteiger partial charge on any atom is -0.299 e. The molecule has 1 saturated carbocycles. The van der Waals surface area contributed by atoms with Gasteiger partial charge in [-0.3, -0.25) is 9.78 Å². The topological polar surface area (TPSA) is 30.0 Å². The van der Waals surface area contributed by atoms with Crippen molar-refractivity contribution in [3.05, 3.63) is 40.5 Å². The van der Waals surface area contributed by atoms with Crippen LogP contribution < -0.4 is 0 Å². The van der Waals surface area contributed by atoms with Crippen molar-refractivity contribution in [2.24, 2.45) is 0 Å². The van der Waals surface area contributed by atoms with Crippen molar-refractivity contribution in [1.29, 1.82) is 0 Å². The van der Waals surface area contributed by atoms with E-state index >= 15 is 0 Å². The van der Waals surface area contributed by atoms with E-state index in [9.17, 15) is 4.79 Å². The normalized spacial score (nSPS) is 20.1. The fourth-order valence-electron chi connectivity index (χ4n) is 2.43. The van der Waals surface area contributed by atoms with Gasteiger partial charge in [-0.15, -0.1) is 0 Å². The van der Waals surface area contributed by atoms with E-state index in [1.54, 1.807) is 0 Å². The molecule has 1 aliphatic carbocycles. The van der Waals surface area contributed by atoms with Gasteiger partial charge in [-0.2, -0.15) is 0 Å².